The second kappa shape index (κ2) is 7.24. The SMILES string of the molecule is O=C(COc1cc(Cl)ccc1Cl)c1cccc(N2CCCC2=O)c1. The van der Waals surface area contributed by atoms with Gasteiger partial charge in [0.1, 0.15) is 5.75 Å². The minimum atomic E-state index is -0.195. The summed E-state index contributed by atoms with van der Waals surface area (Å²) >= 11 is 11.9. The number of halogens is 2. The van der Waals surface area contributed by atoms with Gasteiger partial charge in [0.2, 0.25) is 5.91 Å². The van der Waals surface area contributed by atoms with E-state index in [0.717, 1.165) is 12.1 Å². The van der Waals surface area contributed by atoms with E-state index in [1.165, 1.54) is 0 Å². The highest BCUT2D eigenvalue weighted by molar-refractivity contribution is 6.34. The molecule has 24 heavy (non-hydrogen) atoms. The minimum Gasteiger partial charge on any atom is -0.484 e. The van der Waals surface area contributed by atoms with Crippen LogP contribution in [0.3, 0.4) is 0 Å². The Morgan fingerprint density at radius 1 is 1.17 bits per heavy atom. The molecule has 124 valence electrons. The van der Waals surface area contributed by atoms with Crippen molar-refractivity contribution in [2.45, 2.75) is 12.8 Å². The van der Waals surface area contributed by atoms with Gasteiger partial charge in [-0.3, -0.25) is 9.59 Å². The molecule has 0 aromatic heterocycles. The summed E-state index contributed by atoms with van der Waals surface area (Å²) < 4.78 is 5.47. The molecule has 0 N–H and O–H groups in total. The van der Waals surface area contributed by atoms with Gasteiger partial charge in [-0.2, -0.15) is 0 Å². The molecule has 0 unspecified atom stereocenters. The number of amides is 1. The summed E-state index contributed by atoms with van der Waals surface area (Å²) in [6.45, 7) is 0.530. The average Bonchev–Trinajstić information content (AvgIpc) is 3.01. The lowest BCUT2D eigenvalue weighted by Crippen LogP contribution is -2.24. The van der Waals surface area contributed by atoms with E-state index in [1.807, 2.05) is 6.07 Å². The molecule has 0 atom stereocenters. The molecule has 0 spiro atoms. The first-order valence-electron chi connectivity index (χ1n) is 7.56. The molecular weight excluding hydrogens is 349 g/mol. The number of rotatable bonds is 5. The lowest BCUT2D eigenvalue weighted by molar-refractivity contribution is -0.117. The molecule has 2 aromatic carbocycles. The number of ether oxygens (including phenoxy) is 1. The summed E-state index contributed by atoms with van der Waals surface area (Å²) in [4.78, 5) is 25.9. The van der Waals surface area contributed by atoms with Crippen molar-refractivity contribution in [2.75, 3.05) is 18.1 Å². The van der Waals surface area contributed by atoms with Gasteiger partial charge < -0.3 is 9.64 Å². The fourth-order valence-corrected chi connectivity index (χ4v) is 2.92. The van der Waals surface area contributed by atoms with Crippen LogP contribution in [0.15, 0.2) is 42.5 Å². The molecule has 0 saturated carbocycles. The van der Waals surface area contributed by atoms with Crippen LogP contribution < -0.4 is 9.64 Å². The summed E-state index contributed by atoms with van der Waals surface area (Å²) in [6.07, 6.45) is 1.39. The predicted molar refractivity (Wildman–Crippen MR) is 94.3 cm³/mol. The zero-order chi connectivity index (χ0) is 17.1. The Bertz CT molecular complexity index is 792. The van der Waals surface area contributed by atoms with E-state index >= 15 is 0 Å². The number of hydrogen-bond acceptors (Lipinski definition) is 3. The topological polar surface area (TPSA) is 46.6 Å². The third-order valence-corrected chi connectivity index (χ3v) is 4.35. The van der Waals surface area contributed by atoms with Crippen LogP contribution in [0.4, 0.5) is 5.69 Å². The second-order valence-corrected chi connectivity index (χ2v) is 6.33. The van der Waals surface area contributed by atoms with E-state index in [4.69, 9.17) is 27.9 Å². The molecule has 2 aromatic rings. The zero-order valence-electron chi connectivity index (χ0n) is 12.8. The Balaban J connectivity index is 1.71. The van der Waals surface area contributed by atoms with Crippen molar-refractivity contribution in [3.8, 4) is 5.75 Å². The highest BCUT2D eigenvalue weighted by Gasteiger charge is 2.22. The predicted octanol–water partition coefficient (Wildman–Crippen LogP) is 4.38. The van der Waals surface area contributed by atoms with E-state index < -0.39 is 0 Å². The molecule has 4 nitrogen and oxygen atoms in total. The Labute approximate surface area is 149 Å². The molecule has 0 aliphatic carbocycles. The standard InChI is InChI=1S/C18H15Cl2NO3/c19-13-6-7-15(20)17(10-13)24-11-16(22)12-3-1-4-14(9-12)21-8-2-5-18(21)23/h1,3-4,6-7,9-10H,2,5,8,11H2. The maximum atomic E-state index is 12.4. The fraction of sp³-hybridized carbons (Fsp3) is 0.222. The van der Waals surface area contributed by atoms with Gasteiger partial charge >= 0.3 is 0 Å². The maximum absolute atomic E-state index is 12.4. The second-order valence-electron chi connectivity index (χ2n) is 5.49. The van der Waals surface area contributed by atoms with Crippen molar-refractivity contribution in [1.29, 1.82) is 0 Å². The van der Waals surface area contributed by atoms with E-state index in [1.54, 1.807) is 41.3 Å². The lowest BCUT2D eigenvalue weighted by Gasteiger charge is -2.16. The van der Waals surface area contributed by atoms with Crippen LogP contribution in [0, 0.1) is 0 Å². The van der Waals surface area contributed by atoms with Crippen LogP contribution in [0.1, 0.15) is 23.2 Å². The summed E-state index contributed by atoms with van der Waals surface area (Å²) in [5.74, 6) is 0.254. The van der Waals surface area contributed by atoms with Crippen LogP contribution in [0.25, 0.3) is 0 Å². The highest BCUT2D eigenvalue weighted by Crippen LogP contribution is 2.28. The number of carbonyl (C=O) groups excluding carboxylic acids is 2. The minimum absolute atomic E-state index is 0.0848. The third kappa shape index (κ3) is 3.71. The van der Waals surface area contributed by atoms with Gasteiger partial charge in [-0.25, -0.2) is 0 Å². The van der Waals surface area contributed by atoms with E-state index in [2.05, 4.69) is 0 Å². The number of Topliss-reactive ketones (excluding diaryl/α,β-unsaturated/α-hetero) is 1. The summed E-state index contributed by atoms with van der Waals surface area (Å²) in [5, 5.41) is 0.875. The molecule has 3 rings (SSSR count). The number of anilines is 1. The molecule has 1 aliphatic rings. The van der Waals surface area contributed by atoms with E-state index in [9.17, 15) is 9.59 Å². The Hall–Kier alpha value is -2.04. The van der Waals surface area contributed by atoms with Gasteiger partial charge in [-0.1, -0.05) is 35.3 Å². The summed E-state index contributed by atoms with van der Waals surface area (Å²) in [7, 11) is 0. The first-order chi connectivity index (χ1) is 11.5. The largest absolute Gasteiger partial charge is 0.484 e. The van der Waals surface area contributed by atoms with E-state index in [0.29, 0.717) is 34.3 Å². The van der Waals surface area contributed by atoms with Gasteiger partial charge in [-0.15, -0.1) is 0 Å². The highest BCUT2D eigenvalue weighted by atomic mass is 35.5. The number of nitrogens with zero attached hydrogens (tertiary/aromatic N) is 1. The Morgan fingerprint density at radius 2 is 2.00 bits per heavy atom. The molecule has 1 saturated heterocycles. The first kappa shape index (κ1) is 16.8. The molecule has 1 fully saturated rings. The molecule has 0 radical (unpaired) electrons. The molecule has 1 amide bonds. The first-order valence-corrected chi connectivity index (χ1v) is 8.31. The van der Waals surface area contributed by atoms with Crippen LogP contribution in [0.5, 0.6) is 5.75 Å². The van der Waals surface area contributed by atoms with Crippen molar-refractivity contribution in [1.82, 2.24) is 0 Å². The molecular formula is C18H15Cl2NO3. The van der Waals surface area contributed by atoms with Gasteiger partial charge in [0.05, 0.1) is 5.02 Å². The number of carbonyl (C=O) groups is 2. The molecule has 1 heterocycles. The average molecular weight is 364 g/mol. The van der Waals surface area contributed by atoms with Gasteiger partial charge in [0.15, 0.2) is 12.4 Å². The summed E-state index contributed by atoms with van der Waals surface area (Å²) in [5.41, 5.74) is 1.23. The summed E-state index contributed by atoms with van der Waals surface area (Å²) in [6, 6.07) is 11.8. The van der Waals surface area contributed by atoms with Gasteiger partial charge in [-0.05, 0) is 30.7 Å². The molecule has 6 heteroatoms. The smallest absolute Gasteiger partial charge is 0.227 e. The Morgan fingerprint density at radius 3 is 2.75 bits per heavy atom. The quantitative estimate of drug-likeness (QED) is 0.740. The Kier molecular flexibility index (Phi) is 5.07. The number of benzene rings is 2. The monoisotopic (exact) mass is 363 g/mol. The third-order valence-electron chi connectivity index (χ3n) is 3.81. The van der Waals surface area contributed by atoms with Crippen molar-refractivity contribution >= 4 is 40.6 Å². The van der Waals surface area contributed by atoms with Crippen LogP contribution >= 0.6 is 23.2 Å². The van der Waals surface area contributed by atoms with Crippen molar-refractivity contribution in [2.24, 2.45) is 0 Å². The van der Waals surface area contributed by atoms with Crippen LogP contribution in [-0.2, 0) is 4.79 Å². The number of hydrogen-bond donors (Lipinski definition) is 0. The van der Waals surface area contributed by atoms with Crippen LogP contribution in [0.2, 0.25) is 10.0 Å². The van der Waals surface area contributed by atoms with Crippen molar-refractivity contribution in [3.05, 3.63) is 58.1 Å². The number of ketones is 1. The maximum Gasteiger partial charge on any atom is 0.227 e. The lowest BCUT2D eigenvalue weighted by atomic mass is 10.1. The zero-order valence-corrected chi connectivity index (χ0v) is 14.3. The molecule has 0 bridgehead atoms. The molecule has 1 aliphatic heterocycles. The van der Waals surface area contributed by atoms with Gasteiger partial charge in [0.25, 0.3) is 0 Å². The van der Waals surface area contributed by atoms with Gasteiger partial charge in [0, 0.05) is 35.3 Å². The van der Waals surface area contributed by atoms with Crippen molar-refractivity contribution in [3.63, 3.8) is 0 Å². The van der Waals surface area contributed by atoms with Crippen LogP contribution in [-0.4, -0.2) is 24.8 Å². The van der Waals surface area contributed by atoms with Crippen molar-refractivity contribution < 1.29 is 14.3 Å². The normalized spacial score (nSPS) is 14.1. The van der Waals surface area contributed by atoms with E-state index in [-0.39, 0.29) is 18.3 Å². The fourth-order valence-electron chi connectivity index (χ4n) is 2.58.